The maximum atomic E-state index is 5.01. The lowest BCUT2D eigenvalue weighted by Gasteiger charge is -2.13. The number of hydrogen-bond acceptors (Lipinski definition) is 3. The largest absolute Gasteiger partial charge is 0.384 e. The number of fused-ring (bicyclic) bond motifs is 1. The van der Waals surface area contributed by atoms with Crippen molar-refractivity contribution in [2.24, 2.45) is 5.92 Å². The molecule has 1 heterocycles. The average molecular weight is 462 g/mol. The van der Waals surface area contributed by atoms with Crippen molar-refractivity contribution < 1.29 is 0 Å². The Balaban J connectivity index is 0.000000618. The van der Waals surface area contributed by atoms with Crippen LogP contribution in [0.5, 0.6) is 0 Å². The van der Waals surface area contributed by atoms with Crippen molar-refractivity contribution in [1.29, 1.82) is 0 Å². The molecule has 34 heavy (non-hydrogen) atoms. The third-order valence-corrected chi connectivity index (χ3v) is 6.20. The highest BCUT2D eigenvalue weighted by Gasteiger charge is 2.21. The normalized spacial score (nSPS) is 12.4. The van der Waals surface area contributed by atoms with E-state index in [0.29, 0.717) is 0 Å². The van der Waals surface area contributed by atoms with Gasteiger partial charge in [0.15, 0.2) is 0 Å². The van der Waals surface area contributed by atoms with Gasteiger partial charge in [0.2, 0.25) is 0 Å². The molecule has 0 radical (unpaired) electrons. The number of unbranched alkanes of at least 4 members (excludes halogenated alkanes) is 1. The number of rotatable bonds is 10. The first-order valence-corrected chi connectivity index (χ1v) is 13.6. The molecule has 1 saturated carbocycles. The van der Waals surface area contributed by atoms with Crippen molar-refractivity contribution in [2.45, 2.75) is 79.6 Å². The molecule has 3 aromatic rings. The summed E-state index contributed by atoms with van der Waals surface area (Å²) in [6.45, 7) is 12.7. The molecule has 3 nitrogen and oxygen atoms in total. The van der Waals surface area contributed by atoms with Gasteiger partial charge >= 0.3 is 0 Å². The van der Waals surface area contributed by atoms with Gasteiger partial charge in [-0.3, -0.25) is 0 Å². The first-order valence-electron chi connectivity index (χ1n) is 13.6. The van der Waals surface area contributed by atoms with Crippen LogP contribution >= 0.6 is 0 Å². The summed E-state index contributed by atoms with van der Waals surface area (Å²) in [6.07, 6.45) is 8.67. The van der Waals surface area contributed by atoms with Crippen molar-refractivity contribution in [1.82, 2.24) is 10.3 Å². The number of aromatic nitrogens is 1. The fraction of sp³-hybridized carbons (Fsp3) is 0.516. The summed E-state index contributed by atoms with van der Waals surface area (Å²) < 4.78 is 0. The van der Waals surface area contributed by atoms with Gasteiger partial charge in [-0.1, -0.05) is 83.9 Å². The van der Waals surface area contributed by atoms with E-state index >= 15 is 0 Å². The van der Waals surface area contributed by atoms with E-state index in [1.165, 1.54) is 59.9 Å². The lowest BCUT2D eigenvalue weighted by Crippen LogP contribution is -2.08. The van der Waals surface area contributed by atoms with Crippen LogP contribution < -0.4 is 10.6 Å². The first kappa shape index (κ1) is 27.9. The fourth-order valence-corrected chi connectivity index (χ4v) is 3.68. The van der Waals surface area contributed by atoms with Crippen LogP contribution in [0.1, 0.15) is 77.8 Å². The molecular weight excluding hydrogens is 414 g/mol. The molecule has 0 bridgehead atoms. The van der Waals surface area contributed by atoms with Crippen LogP contribution in [0.3, 0.4) is 0 Å². The zero-order valence-electron chi connectivity index (χ0n) is 22.5. The van der Waals surface area contributed by atoms with Gasteiger partial charge in [0.25, 0.3) is 0 Å². The Hall–Kier alpha value is -2.39. The quantitative estimate of drug-likeness (QED) is 0.298. The number of aryl methyl sites for hydroxylation is 2. The molecular formula is C31H47N3. The van der Waals surface area contributed by atoms with E-state index in [9.17, 15) is 0 Å². The first-order chi connectivity index (χ1) is 16.7. The lowest BCUT2D eigenvalue weighted by molar-refractivity contribution is 0.725. The van der Waals surface area contributed by atoms with Crippen molar-refractivity contribution in [2.75, 3.05) is 25.5 Å². The number of nitrogens with zero attached hydrogens (tertiary/aromatic N) is 1. The molecule has 1 aliphatic rings. The van der Waals surface area contributed by atoms with Gasteiger partial charge in [-0.2, -0.15) is 0 Å². The van der Waals surface area contributed by atoms with E-state index < -0.39 is 0 Å². The molecule has 1 aliphatic carbocycles. The molecule has 2 N–H and O–H groups in total. The number of pyridine rings is 1. The predicted octanol–water partition coefficient (Wildman–Crippen LogP) is 8.27. The molecule has 0 unspecified atom stereocenters. The van der Waals surface area contributed by atoms with Crippen molar-refractivity contribution in [3.63, 3.8) is 0 Å². The van der Waals surface area contributed by atoms with E-state index in [-0.39, 0.29) is 0 Å². The molecule has 0 aliphatic heterocycles. The van der Waals surface area contributed by atoms with E-state index in [4.69, 9.17) is 4.98 Å². The lowest BCUT2D eigenvalue weighted by atomic mass is 10.0. The van der Waals surface area contributed by atoms with Gasteiger partial charge in [0.05, 0.1) is 11.2 Å². The number of anilines is 1. The number of hydrogen-bond donors (Lipinski definition) is 2. The summed E-state index contributed by atoms with van der Waals surface area (Å²) in [5.41, 5.74) is 7.28. The summed E-state index contributed by atoms with van der Waals surface area (Å²) in [7, 11) is 2.01. The smallest absolute Gasteiger partial charge is 0.0733 e. The summed E-state index contributed by atoms with van der Waals surface area (Å²) in [6, 6.07) is 17.9. The van der Waals surface area contributed by atoms with Crippen LogP contribution in [0.25, 0.3) is 22.2 Å². The summed E-state index contributed by atoms with van der Waals surface area (Å²) in [5, 5.41) is 8.14. The topological polar surface area (TPSA) is 37.0 Å². The Morgan fingerprint density at radius 3 is 2.15 bits per heavy atom. The summed E-state index contributed by atoms with van der Waals surface area (Å²) in [5.74, 6) is 0.846. The molecule has 4 rings (SSSR count). The van der Waals surface area contributed by atoms with E-state index in [0.717, 1.165) is 43.1 Å². The van der Waals surface area contributed by atoms with Gasteiger partial charge in [-0.25, -0.2) is 4.98 Å². The monoisotopic (exact) mass is 461 g/mol. The van der Waals surface area contributed by atoms with Crippen LogP contribution in [-0.2, 0) is 12.8 Å². The highest BCUT2D eigenvalue weighted by Crippen LogP contribution is 2.33. The van der Waals surface area contributed by atoms with E-state index in [1.807, 2.05) is 20.9 Å². The van der Waals surface area contributed by atoms with Gasteiger partial charge < -0.3 is 10.6 Å². The highest BCUT2D eigenvalue weighted by molar-refractivity contribution is 5.94. The summed E-state index contributed by atoms with van der Waals surface area (Å²) in [4.78, 5) is 5.01. The van der Waals surface area contributed by atoms with Crippen molar-refractivity contribution in [3.8, 4) is 11.3 Å². The zero-order chi connectivity index (χ0) is 24.8. The van der Waals surface area contributed by atoms with Gasteiger partial charge in [0.1, 0.15) is 0 Å². The molecule has 1 fully saturated rings. The highest BCUT2D eigenvalue weighted by atomic mass is 14.9. The molecule has 0 amide bonds. The molecule has 1 aromatic heterocycles. The minimum absolute atomic E-state index is 0.846. The Bertz CT molecular complexity index is 956. The van der Waals surface area contributed by atoms with Crippen LogP contribution in [-0.4, -0.2) is 25.1 Å². The maximum absolute atomic E-state index is 5.01. The van der Waals surface area contributed by atoms with Crippen LogP contribution in [0.2, 0.25) is 0 Å². The number of benzene rings is 2. The Morgan fingerprint density at radius 2 is 1.56 bits per heavy atom. The minimum atomic E-state index is 0.846. The third kappa shape index (κ3) is 8.76. The third-order valence-electron chi connectivity index (χ3n) is 6.20. The minimum Gasteiger partial charge on any atom is -0.384 e. The van der Waals surface area contributed by atoms with Crippen molar-refractivity contribution >= 4 is 16.6 Å². The average Bonchev–Trinajstić information content (AvgIpc) is 3.73. The second-order valence-corrected chi connectivity index (χ2v) is 8.99. The second-order valence-electron chi connectivity index (χ2n) is 8.99. The Kier molecular flexibility index (Phi) is 12.7. The Morgan fingerprint density at radius 1 is 0.882 bits per heavy atom. The molecule has 0 atom stereocenters. The number of nitrogens with one attached hydrogen (secondary N) is 2. The summed E-state index contributed by atoms with van der Waals surface area (Å²) >= 11 is 0. The van der Waals surface area contributed by atoms with Gasteiger partial charge in [-0.15, -0.1) is 0 Å². The molecule has 0 saturated heterocycles. The van der Waals surface area contributed by atoms with Crippen LogP contribution in [0.4, 0.5) is 5.69 Å². The fourth-order valence-electron chi connectivity index (χ4n) is 3.68. The Labute approximate surface area is 208 Å². The molecule has 2 aromatic carbocycles. The van der Waals surface area contributed by atoms with Crippen LogP contribution in [0, 0.1) is 5.92 Å². The van der Waals surface area contributed by atoms with Gasteiger partial charge in [-0.05, 0) is 74.9 Å². The van der Waals surface area contributed by atoms with E-state index in [1.54, 1.807) is 0 Å². The van der Waals surface area contributed by atoms with E-state index in [2.05, 4.69) is 79.9 Å². The van der Waals surface area contributed by atoms with Gasteiger partial charge in [0, 0.05) is 23.2 Å². The maximum Gasteiger partial charge on any atom is 0.0733 e. The molecule has 186 valence electrons. The van der Waals surface area contributed by atoms with Crippen molar-refractivity contribution in [3.05, 3.63) is 59.7 Å². The molecule has 0 spiro atoms. The zero-order valence-corrected chi connectivity index (χ0v) is 22.5. The predicted molar refractivity (Wildman–Crippen MR) is 152 cm³/mol. The van der Waals surface area contributed by atoms with Crippen LogP contribution in [0.15, 0.2) is 48.5 Å². The second kappa shape index (κ2) is 15.5. The standard InChI is InChI=1S/C25H31N3.C4H10.C2H6/c1-3-18-10-13-22-24(27-17-20-6-7-20)16-23(28-25(22)15-18)21-11-8-19(9-12-21)5-4-14-26-2;1-3-4-2;1-2/h8-13,15-16,20,26H,3-7,14,17H2,1-2H3,(H,27,28);3-4H2,1-2H3;1-2H3. The molecule has 3 heteroatoms. The SMILES string of the molecule is CC.CCCC.CCc1ccc2c(NCC3CC3)cc(-c3ccc(CCCNC)cc3)nc2c1.